The lowest BCUT2D eigenvalue weighted by Gasteiger charge is -2.21. The van der Waals surface area contributed by atoms with Crippen LogP contribution in [0.1, 0.15) is 57.8 Å². The third-order valence-electron chi connectivity index (χ3n) is 3.48. The molecular formula is C13H22N2. The zero-order valence-corrected chi connectivity index (χ0v) is 10.2. The highest BCUT2D eigenvalue weighted by Crippen LogP contribution is 2.29. The molecule has 0 bridgehead atoms. The average molecular weight is 206 g/mol. The van der Waals surface area contributed by atoms with Crippen LogP contribution < -0.4 is 0 Å². The van der Waals surface area contributed by atoms with Crippen LogP contribution >= 0.6 is 0 Å². The number of rotatable bonds is 3. The van der Waals surface area contributed by atoms with Crippen LogP contribution in [0.4, 0.5) is 0 Å². The number of fused-ring (bicyclic) bond motifs is 1. The Morgan fingerprint density at radius 2 is 2.20 bits per heavy atom. The first-order valence-electron chi connectivity index (χ1n) is 6.21. The summed E-state index contributed by atoms with van der Waals surface area (Å²) in [6.07, 6.45) is 6.30. The maximum atomic E-state index is 4.76. The molecule has 0 radical (unpaired) electrons. The largest absolute Gasteiger partial charge is 0.269 e. The second-order valence-electron chi connectivity index (χ2n) is 5.34. The molecule has 0 aromatic carbocycles. The zero-order chi connectivity index (χ0) is 10.9. The Morgan fingerprint density at radius 1 is 1.40 bits per heavy atom. The fourth-order valence-electron chi connectivity index (χ4n) is 2.50. The number of nitrogens with zero attached hydrogens (tertiary/aromatic N) is 2. The molecule has 0 saturated carbocycles. The minimum absolute atomic E-state index is 0.249. The van der Waals surface area contributed by atoms with Gasteiger partial charge >= 0.3 is 0 Å². The quantitative estimate of drug-likeness (QED) is 0.742. The second-order valence-corrected chi connectivity index (χ2v) is 5.34. The van der Waals surface area contributed by atoms with Crippen molar-refractivity contribution >= 4 is 0 Å². The van der Waals surface area contributed by atoms with Gasteiger partial charge in [0.2, 0.25) is 0 Å². The Bertz CT molecular complexity index is 313. The van der Waals surface area contributed by atoms with Crippen molar-refractivity contribution in [2.45, 2.75) is 64.8 Å². The van der Waals surface area contributed by atoms with E-state index in [0.29, 0.717) is 0 Å². The Balaban J connectivity index is 2.25. The van der Waals surface area contributed by atoms with Crippen molar-refractivity contribution in [3.8, 4) is 0 Å². The molecule has 15 heavy (non-hydrogen) atoms. The van der Waals surface area contributed by atoms with Crippen LogP contribution in [0.3, 0.4) is 0 Å². The van der Waals surface area contributed by atoms with Gasteiger partial charge < -0.3 is 0 Å². The van der Waals surface area contributed by atoms with E-state index in [1.807, 2.05) is 0 Å². The van der Waals surface area contributed by atoms with Gasteiger partial charge in [-0.1, -0.05) is 27.2 Å². The van der Waals surface area contributed by atoms with Crippen LogP contribution in [0, 0.1) is 0 Å². The van der Waals surface area contributed by atoms with Crippen molar-refractivity contribution < 1.29 is 0 Å². The van der Waals surface area contributed by atoms with Crippen LogP contribution in [-0.4, -0.2) is 9.78 Å². The van der Waals surface area contributed by atoms with Gasteiger partial charge in [0.1, 0.15) is 0 Å². The molecule has 1 aliphatic heterocycles. The van der Waals surface area contributed by atoms with Gasteiger partial charge in [0, 0.05) is 17.7 Å². The van der Waals surface area contributed by atoms with Gasteiger partial charge in [-0.15, -0.1) is 0 Å². The lowest BCUT2D eigenvalue weighted by molar-refractivity contribution is 0.435. The van der Waals surface area contributed by atoms with E-state index in [-0.39, 0.29) is 5.41 Å². The van der Waals surface area contributed by atoms with E-state index in [4.69, 9.17) is 5.10 Å². The van der Waals surface area contributed by atoms with Crippen LogP contribution in [0.2, 0.25) is 0 Å². The van der Waals surface area contributed by atoms with E-state index in [2.05, 4.69) is 31.5 Å². The maximum Gasteiger partial charge on any atom is 0.0683 e. The minimum Gasteiger partial charge on any atom is -0.269 e. The van der Waals surface area contributed by atoms with Gasteiger partial charge in [0.25, 0.3) is 0 Å². The molecule has 2 heteroatoms. The van der Waals surface area contributed by atoms with Crippen molar-refractivity contribution in [1.29, 1.82) is 0 Å². The molecule has 1 aliphatic rings. The zero-order valence-electron chi connectivity index (χ0n) is 10.2. The molecule has 0 spiro atoms. The third-order valence-corrected chi connectivity index (χ3v) is 3.48. The van der Waals surface area contributed by atoms with Crippen LogP contribution in [0.25, 0.3) is 0 Å². The molecule has 0 N–H and O–H groups in total. The topological polar surface area (TPSA) is 17.8 Å². The Hall–Kier alpha value is -0.790. The first-order chi connectivity index (χ1) is 7.13. The molecule has 0 aliphatic carbocycles. The standard InChI is InChI=1S/C13H22N2/c1-4-8-13(2,3)12-10-11-7-5-6-9-15(11)14-12/h10H,4-9H2,1-3H3. The SMILES string of the molecule is CCCC(C)(C)c1cc2n(n1)CCCC2. The highest BCUT2D eigenvalue weighted by atomic mass is 15.3. The van der Waals surface area contributed by atoms with E-state index < -0.39 is 0 Å². The lowest BCUT2D eigenvalue weighted by atomic mass is 9.84. The molecule has 0 unspecified atom stereocenters. The Kier molecular flexibility index (Phi) is 2.85. The summed E-state index contributed by atoms with van der Waals surface area (Å²) >= 11 is 0. The predicted molar refractivity (Wildman–Crippen MR) is 63.1 cm³/mol. The van der Waals surface area contributed by atoms with E-state index >= 15 is 0 Å². The van der Waals surface area contributed by atoms with Crippen LogP contribution in [0.15, 0.2) is 6.07 Å². The fraction of sp³-hybridized carbons (Fsp3) is 0.769. The first kappa shape index (κ1) is 10.7. The smallest absolute Gasteiger partial charge is 0.0683 e. The summed E-state index contributed by atoms with van der Waals surface area (Å²) in [6, 6.07) is 2.33. The summed E-state index contributed by atoms with van der Waals surface area (Å²) in [7, 11) is 0. The molecule has 2 nitrogen and oxygen atoms in total. The van der Waals surface area contributed by atoms with Gasteiger partial charge in [-0.05, 0) is 31.7 Å². The fourth-order valence-corrected chi connectivity index (χ4v) is 2.50. The molecule has 2 heterocycles. The molecule has 0 saturated heterocycles. The number of aryl methyl sites for hydroxylation is 2. The second kappa shape index (κ2) is 3.99. The van der Waals surface area contributed by atoms with Gasteiger partial charge in [-0.25, -0.2) is 0 Å². The minimum atomic E-state index is 0.249. The average Bonchev–Trinajstić information content (AvgIpc) is 2.61. The maximum absolute atomic E-state index is 4.76. The number of aromatic nitrogens is 2. The van der Waals surface area contributed by atoms with Crippen LogP contribution in [0.5, 0.6) is 0 Å². The normalized spacial score (nSPS) is 16.5. The molecular weight excluding hydrogens is 184 g/mol. The van der Waals surface area contributed by atoms with Gasteiger partial charge in [0.15, 0.2) is 0 Å². The third kappa shape index (κ3) is 2.09. The van der Waals surface area contributed by atoms with Crippen molar-refractivity contribution in [1.82, 2.24) is 9.78 Å². The van der Waals surface area contributed by atoms with Crippen molar-refractivity contribution in [3.63, 3.8) is 0 Å². The number of hydrogen-bond acceptors (Lipinski definition) is 1. The van der Waals surface area contributed by atoms with E-state index in [1.165, 1.54) is 43.5 Å². The summed E-state index contributed by atoms with van der Waals surface area (Å²) < 4.78 is 2.22. The van der Waals surface area contributed by atoms with E-state index in [1.54, 1.807) is 0 Å². The van der Waals surface area contributed by atoms with E-state index in [9.17, 15) is 0 Å². The predicted octanol–water partition coefficient (Wildman–Crippen LogP) is 3.30. The molecule has 2 rings (SSSR count). The summed E-state index contributed by atoms with van der Waals surface area (Å²) in [5.74, 6) is 0. The van der Waals surface area contributed by atoms with Crippen molar-refractivity contribution in [2.75, 3.05) is 0 Å². The molecule has 0 fully saturated rings. The number of hydrogen-bond donors (Lipinski definition) is 0. The van der Waals surface area contributed by atoms with Crippen molar-refractivity contribution in [2.24, 2.45) is 0 Å². The van der Waals surface area contributed by atoms with Gasteiger partial charge in [-0.2, -0.15) is 5.10 Å². The van der Waals surface area contributed by atoms with Crippen molar-refractivity contribution in [3.05, 3.63) is 17.5 Å². The molecule has 1 aromatic rings. The molecule has 0 atom stereocenters. The monoisotopic (exact) mass is 206 g/mol. The Morgan fingerprint density at radius 3 is 2.87 bits per heavy atom. The van der Waals surface area contributed by atoms with Gasteiger partial charge in [0.05, 0.1) is 5.69 Å². The highest BCUT2D eigenvalue weighted by Gasteiger charge is 2.24. The summed E-state index contributed by atoms with van der Waals surface area (Å²) in [4.78, 5) is 0. The summed E-state index contributed by atoms with van der Waals surface area (Å²) in [6.45, 7) is 7.99. The molecule has 84 valence electrons. The lowest BCUT2D eigenvalue weighted by Crippen LogP contribution is -2.18. The van der Waals surface area contributed by atoms with Gasteiger partial charge in [-0.3, -0.25) is 4.68 Å². The Labute approximate surface area is 92.7 Å². The highest BCUT2D eigenvalue weighted by molar-refractivity contribution is 5.19. The summed E-state index contributed by atoms with van der Waals surface area (Å²) in [5.41, 5.74) is 2.99. The summed E-state index contributed by atoms with van der Waals surface area (Å²) in [5, 5.41) is 4.76. The molecule has 0 amide bonds. The van der Waals surface area contributed by atoms with E-state index in [0.717, 1.165) is 6.54 Å². The first-order valence-corrected chi connectivity index (χ1v) is 6.21. The van der Waals surface area contributed by atoms with Crippen LogP contribution in [-0.2, 0) is 18.4 Å². The molecule has 1 aromatic heterocycles.